The van der Waals surface area contributed by atoms with Gasteiger partial charge in [0.05, 0.1) is 5.69 Å². The lowest BCUT2D eigenvalue weighted by molar-refractivity contribution is 0.102. The van der Waals surface area contributed by atoms with Crippen LogP contribution in [0.4, 0.5) is 12.9 Å². The first-order valence-corrected chi connectivity index (χ1v) is 3.65. The van der Waals surface area contributed by atoms with Crippen LogP contribution in [0.2, 0.25) is 5.02 Å². The molecule has 0 N–H and O–H groups in total. The Hall–Kier alpha value is -1.04. The van der Waals surface area contributed by atoms with Gasteiger partial charge in [0.15, 0.2) is 0 Å². The van der Waals surface area contributed by atoms with Crippen LogP contribution >= 0.6 is 11.6 Å². The van der Waals surface area contributed by atoms with Crippen LogP contribution in [-0.2, 0) is 0 Å². The molecular weight excluding hydrogens is 205 g/mol. The third-order valence-electron chi connectivity index (χ3n) is 1.27. The lowest BCUT2D eigenvalue weighted by atomic mass is 9.82. The van der Waals surface area contributed by atoms with Crippen LogP contribution in [0.1, 0.15) is 10.5 Å². The Morgan fingerprint density at radius 2 is 2.08 bits per heavy atom. The fourth-order valence-electron chi connectivity index (χ4n) is 0.707. The van der Waals surface area contributed by atoms with E-state index in [4.69, 9.17) is 11.6 Å². The quantitative estimate of drug-likeness (QED) is 0.698. The Balaban J connectivity index is 3.03. The van der Waals surface area contributed by atoms with Gasteiger partial charge in [-0.2, -0.15) is 0 Å². The molecule has 1 rings (SSSR count). The molecule has 0 bridgehead atoms. The van der Waals surface area contributed by atoms with Crippen molar-refractivity contribution in [3.63, 3.8) is 0 Å². The summed E-state index contributed by atoms with van der Waals surface area (Å²) in [5.41, 5.74) is -2.59. The first-order chi connectivity index (χ1) is 5.91. The van der Waals surface area contributed by atoms with Crippen molar-refractivity contribution in [1.29, 1.82) is 0 Å². The summed E-state index contributed by atoms with van der Waals surface area (Å²) in [7, 11) is 0. The summed E-state index contributed by atoms with van der Waals surface area (Å²) in [6, 6.07) is 2.18. The van der Waals surface area contributed by atoms with E-state index in [1.165, 1.54) is 6.07 Å². The van der Waals surface area contributed by atoms with Crippen molar-refractivity contribution in [2.75, 3.05) is 0 Å². The van der Waals surface area contributed by atoms with Crippen LogP contribution in [0.25, 0.3) is 0 Å². The van der Waals surface area contributed by atoms with E-state index in [2.05, 4.69) is 4.98 Å². The van der Waals surface area contributed by atoms with Gasteiger partial charge in [-0.25, -0.2) is 0 Å². The third-order valence-corrected chi connectivity index (χ3v) is 1.51. The van der Waals surface area contributed by atoms with Crippen molar-refractivity contribution in [2.24, 2.45) is 0 Å². The summed E-state index contributed by atoms with van der Waals surface area (Å²) >= 11 is 5.39. The minimum Gasteiger partial charge on any atom is -0.443 e. The molecule has 0 amide bonds. The highest BCUT2D eigenvalue weighted by Gasteiger charge is 2.34. The second kappa shape index (κ2) is 3.37. The number of rotatable bonds is 2. The number of carbonyl (C=O) groups is 1. The lowest BCUT2D eigenvalue weighted by Gasteiger charge is -2.11. The van der Waals surface area contributed by atoms with Crippen molar-refractivity contribution in [2.45, 2.75) is 0 Å². The van der Waals surface area contributed by atoms with Crippen LogP contribution in [0.5, 0.6) is 0 Å². The van der Waals surface area contributed by atoms with Gasteiger partial charge in [-0.15, -0.1) is 0 Å². The van der Waals surface area contributed by atoms with E-state index < -0.39 is 18.4 Å². The standard InChI is InChI=1S/C6H3BClF3NO/c8-4-1-2-12-5(3-4)6(13)7(9,10)11/h1-3H/q-1. The van der Waals surface area contributed by atoms with E-state index in [9.17, 15) is 17.7 Å². The lowest BCUT2D eigenvalue weighted by Crippen LogP contribution is -2.30. The van der Waals surface area contributed by atoms with Crippen LogP contribution in [0.3, 0.4) is 0 Å². The topological polar surface area (TPSA) is 30.0 Å². The first kappa shape index (κ1) is 10.0. The maximum Gasteiger partial charge on any atom is 0.551 e. The number of hydrogen-bond acceptors (Lipinski definition) is 2. The maximum absolute atomic E-state index is 11.9. The Kier molecular flexibility index (Phi) is 2.61. The van der Waals surface area contributed by atoms with Crippen molar-refractivity contribution in [3.8, 4) is 0 Å². The second-order valence-electron chi connectivity index (χ2n) is 2.30. The Bertz CT molecular complexity index is 341. The number of pyridine rings is 1. The molecule has 0 aromatic carbocycles. The average Bonchev–Trinajstić information content (AvgIpc) is 2.01. The van der Waals surface area contributed by atoms with Crippen LogP contribution in [0, 0.1) is 0 Å². The molecule has 13 heavy (non-hydrogen) atoms. The predicted octanol–water partition coefficient (Wildman–Crippen LogP) is 2.30. The SMILES string of the molecule is O=C(c1cc(Cl)ccn1)[B-](F)(F)F. The molecule has 0 unspecified atom stereocenters. The van der Waals surface area contributed by atoms with Crippen molar-refractivity contribution in [1.82, 2.24) is 4.98 Å². The average molecular weight is 208 g/mol. The molecule has 1 aromatic rings. The highest BCUT2D eigenvalue weighted by atomic mass is 35.5. The molecule has 0 saturated carbocycles. The van der Waals surface area contributed by atoms with E-state index >= 15 is 0 Å². The summed E-state index contributed by atoms with van der Waals surface area (Å²) in [6.45, 7) is -5.53. The normalized spacial score (nSPS) is 11.4. The zero-order valence-electron chi connectivity index (χ0n) is 6.18. The zero-order chi connectivity index (χ0) is 10.1. The summed E-state index contributed by atoms with van der Waals surface area (Å²) in [5.74, 6) is 0. The van der Waals surface area contributed by atoms with Crippen LogP contribution < -0.4 is 0 Å². The van der Waals surface area contributed by atoms with E-state index in [-0.39, 0.29) is 5.02 Å². The van der Waals surface area contributed by atoms with Crippen molar-refractivity contribution < 1.29 is 17.7 Å². The molecule has 0 fully saturated rings. The molecule has 0 saturated heterocycles. The van der Waals surface area contributed by atoms with Crippen LogP contribution in [0.15, 0.2) is 18.3 Å². The molecule has 0 aliphatic heterocycles. The Morgan fingerprint density at radius 1 is 1.46 bits per heavy atom. The second-order valence-corrected chi connectivity index (χ2v) is 2.73. The molecular formula is C6H3BClF3NO-. The first-order valence-electron chi connectivity index (χ1n) is 3.27. The highest BCUT2D eigenvalue weighted by molar-refractivity contribution is 6.93. The molecule has 0 atom stereocenters. The fourth-order valence-corrected chi connectivity index (χ4v) is 0.867. The van der Waals surface area contributed by atoms with Crippen molar-refractivity contribution >= 4 is 24.3 Å². The number of nitrogens with zero attached hydrogens (tertiary/aromatic N) is 1. The Labute approximate surface area is 76.8 Å². The zero-order valence-corrected chi connectivity index (χ0v) is 6.93. The number of aromatic nitrogens is 1. The van der Waals surface area contributed by atoms with Gasteiger partial charge >= 0.3 is 6.98 Å². The minimum atomic E-state index is -5.53. The van der Waals surface area contributed by atoms with E-state index in [0.29, 0.717) is 0 Å². The van der Waals surface area contributed by atoms with Gasteiger partial charge < -0.3 is 17.7 Å². The van der Waals surface area contributed by atoms with Gasteiger partial charge in [-0.05, 0) is 12.1 Å². The van der Waals surface area contributed by atoms with Crippen molar-refractivity contribution in [3.05, 3.63) is 29.0 Å². The summed E-state index contributed by atoms with van der Waals surface area (Å²) in [6.07, 6.45) is 1.05. The summed E-state index contributed by atoms with van der Waals surface area (Å²) in [5, 5.41) is 0.0541. The van der Waals surface area contributed by atoms with Gasteiger partial charge in [0.25, 0.3) is 0 Å². The highest BCUT2D eigenvalue weighted by Crippen LogP contribution is 2.17. The van der Waals surface area contributed by atoms with Gasteiger partial charge in [0.1, 0.15) is 5.68 Å². The van der Waals surface area contributed by atoms with Gasteiger partial charge in [-0.1, -0.05) is 11.6 Å². The molecule has 1 aromatic heterocycles. The maximum atomic E-state index is 11.9. The monoisotopic (exact) mass is 208 g/mol. The molecule has 1 heterocycles. The molecule has 0 spiro atoms. The molecule has 0 aliphatic carbocycles. The van der Waals surface area contributed by atoms with E-state index in [1.54, 1.807) is 0 Å². The fraction of sp³-hybridized carbons (Fsp3) is 0. The number of hydrogen-bond donors (Lipinski definition) is 0. The molecule has 70 valence electrons. The van der Waals surface area contributed by atoms with E-state index in [0.717, 1.165) is 12.3 Å². The molecule has 0 aliphatic rings. The van der Waals surface area contributed by atoms with Gasteiger partial charge in [0.2, 0.25) is 0 Å². The van der Waals surface area contributed by atoms with Gasteiger partial charge in [0, 0.05) is 11.2 Å². The van der Waals surface area contributed by atoms with Crippen LogP contribution in [-0.4, -0.2) is 17.6 Å². The largest absolute Gasteiger partial charge is 0.551 e. The third kappa shape index (κ3) is 2.45. The molecule has 0 radical (unpaired) electrons. The number of halogens is 4. The smallest absolute Gasteiger partial charge is 0.443 e. The summed E-state index contributed by atoms with van der Waals surface area (Å²) < 4.78 is 35.7. The molecule has 7 heteroatoms. The minimum absolute atomic E-state index is 0.0541. The Morgan fingerprint density at radius 3 is 2.54 bits per heavy atom. The number of carbonyl (C=O) groups excluding carboxylic acids is 1. The predicted molar refractivity (Wildman–Crippen MR) is 42.7 cm³/mol. The molecule has 2 nitrogen and oxygen atoms in total. The summed E-state index contributed by atoms with van der Waals surface area (Å²) in [4.78, 5) is 13.9. The van der Waals surface area contributed by atoms with Gasteiger partial charge in [-0.3, -0.25) is 4.98 Å². The van der Waals surface area contributed by atoms with E-state index in [1.807, 2.05) is 0 Å².